The predicted octanol–water partition coefficient (Wildman–Crippen LogP) is 4.50. The lowest BCUT2D eigenvalue weighted by atomic mass is 10.0. The van der Waals surface area contributed by atoms with Crippen molar-refractivity contribution < 1.29 is 18.0 Å². The molecule has 0 heterocycles. The summed E-state index contributed by atoms with van der Waals surface area (Å²) in [6.07, 6.45) is 0.258. The number of likely N-dealkylation sites (N-methyl/N-ethyl adjacent to an activating group) is 2. The SMILES string of the molecule is CNC(=O)C(Cc1ccccc1)N(Cc1cccc(Cl)c1)C(=O)CN(C)S(=O)(=O)c1ccc2ccccc2c1. The predicted molar refractivity (Wildman–Crippen MR) is 154 cm³/mol. The summed E-state index contributed by atoms with van der Waals surface area (Å²) < 4.78 is 27.9. The average Bonchev–Trinajstić information content (AvgIpc) is 2.94. The lowest BCUT2D eigenvalue weighted by Gasteiger charge is -2.32. The number of carbonyl (C=O) groups is 2. The number of hydrogen-bond acceptors (Lipinski definition) is 4. The van der Waals surface area contributed by atoms with Gasteiger partial charge in [0.25, 0.3) is 0 Å². The number of amides is 2. The van der Waals surface area contributed by atoms with Crippen molar-refractivity contribution in [3.63, 3.8) is 0 Å². The zero-order chi connectivity index (χ0) is 28.0. The Balaban J connectivity index is 1.65. The van der Waals surface area contributed by atoms with Crippen LogP contribution >= 0.6 is 11.6 Å². The normalized spacial score (nSPS) is 12.3. The number of hydrogen-bond donors (Lipinski definition) is 1. The molecule has 1 unspecified atom stereocenters. The molecule has 1 atom stereocenters. The highest BCUT2D eigenvalue weighted by Gasteiger charge is 2.32. The monoisotopic (exact) mass is 563 g/mol. The average molecular weight is 564 g/mol. The second-order valence-electron chi connectivity index (χ2n) is 9.24. The number of sulfonamides is 1. The van der Waals surface area contributed by atoms with E-state index in [4.69, 9.17) is 11.6 Å². The Hall–Kier alpha value is -3.72. The molecule has 0 aliphatic heterocycles. The Morgan fingerprint density at radius 1 is 0.846 bits per heavy atom. The zero-order valence-electron chi connectivity index (χ0n) is 21.7. The second-order valence-corrected chi connectivity index (χ2v) is 11.7. The van der Waals surface area contributed by atoms with Crippen LogP contribution in [0.15, 0.2) is 102 Å². The molecule has 0 radical (unpaired) electrons. The van der Waals surface area contributed by atoms with Crippen molar-refractivity contribution in [3.05, 3.63) is 113 Å². The topological polar surface area (TPSA) is 86.8 Å². The Labute approximate surface area is 234 Å². The first-order valence-corrected chi connectivity index (χ1v) is 14.3. The van der Waals surface area contributed by atoms with Crippen molar-refractivity contribution in [2.24, 2.45) is 0 Å². The van der Waals surface area contributed by atoms with Gasteiger partial charge in [0.1, 0.15) is 6.04 Å². The largest absolute Gasteiger partial charge is 0.357 e. The molecule has 0 spiro atoms. The number of fused-ring (bicyclic) bond motifs is 1. The fourth-order valence-electron chi connectivity index (χ4n) is 4.43. The molecule has 0 bridgehead atoms. The molecule has 0 saturated carbocycles. The van der Waals surface area contributed by atoms with Gasteiger partial charge >= 0.3 is 0 Å². The quantitative estimate of drug-likeness (QED) is 0.308. The van der Waals surface area contributed by atoms with Crippen molar-refractivity contribution >= 4 is 44.2 Å². The lowest BCUT2D eigenvalue weighted by molar-refractivity contribution is -0.141. The Morgan fingerprint density at radius 2 is 1.51 bits per heavy atom. The molecule has 0 fully saturated rings. The maximum absolute atomic E-state index is 13.8. The number of benzene rings is 4. The van der Waals surface area contributed by atoms with Gasteiger partial charge in [-0.25, -0.2) is 8.42 Å². The smallest absolute Gasteiger partial charge is 0.243 e. The van der Waals surface area contributed by atoms with Gasteiger partial charge in [0.2, 0.25) is 21.8 Å². The molecule has 7 nitrogen and oxygen atoms in total. The van der Waals surface area contributed by atoms with E-state index >= 15 is 0 Å². The van der Waals surface area contributed by atoms with Gasteiger partial charge in [0, 0.05) is 32.1 Å². The molecule has 2 amide bonds. The van der Waals surface area contributed by atoms with E-state index in [2.05, 4.69) is 5.32 Å². The maximum atomic E-state index is 13.8. The van der Waals surface area contributed by atoms with Gasteiger partial charge in [0.15, 0.2) is 0 Å². The van der Waals surface area contributed by atoms with E-state index in [9.17, 15) is 18.0 Å². The van der Waals surface area contributed by atoms with Gasteiger partial charge in [-0.05, 0) is 46.2 Å². The van der Waals surface area contributed by atoms with E-state index in [1.165, 1.54) is 25.1 Å². The van der Waals surface area contributed by atoms with Gasteiger partial charge in [-0.2, -0.15) is 4.31 Å². The summed E-state index contributed by atoms with van der Waals surface area (Å²) in [5.41, 5.74) is 1.59. The van der Waals surface area contributed by atoms with Crippen LogP contribution in [0.1, 0.15) is 11.1 Å². The third kappa shape index (κ3) is 6.84. The van der Waals surface area contributed by atoms with Crippen molar-refractivity contribution in [2.75, 3.05) is 20.6 Å². The molecule has 0 aliphatic rings. The van der Waals surface area contributed by atoms with E-state index in [-0.39, 0.29) is 23.8 Å². The van der Waals surface area contributed by atoms with Gasteiger partial charge in [-0.3, -0.25) is 9.59 Å². The molecule has 0 aliphatic carbocycles. The molecule has 4 aromatic carbocycles. The fraction of sp³-hybridized carbons (Fsp3) is 0.200. The number of rotatable bonds is 10. The highest BCUT2D eigenvalue weighted by atomic mass is 35.5. The van der Waals surface area contributed by atoms with Gasteiger partial charge in [-0.15, -0.1) is 0 Å². The van der Waals surface area contributed by atoms with Crippen molar-refractivity contribution in [3.8, 4) is 0 Å². The third-order valence-electron chi connectivity index (χ3n) is 6.55. The van der Waals surface area contributed by atoms with E-state index in [1.807, 2.05) is 60.7 Å². The summed E-state index contributed by atoms with van der Waals surface area (Å²) in [6.45, 7) is -0.369. The highest BCUT2D eigenvalue weighted by molar-refractivity contribution is 7.89. The third-order valence-corrected chi connectivity index (χ3v) is 8.58. The van der Waals surface area contributed by atoms with Crippen LogP contribution in [-0.4, -0.2) is 56.1 Å². The minimum atomic E-state index is -3.98. The number of nitrogens with one attached hydrogen (secondary N) is 1. The summed E-state index contributed by atoms with van der Waals surface area (Å²) in [5, 5.41) is 4.84. The molecule has 4 rings (SSSR count). The van der Waals surface area contributed by atoms with Crippen LogP contribution in [0, 0.1) is 0 Å². The Kier molecular flexibility index (Phi) is 9.01. The van der Waals surface area contributed by atoms with Crippen LogP contribution in [0.2, 0.25) is 5.02 Å². The van der Waals surface area contributed by atoms with Crippen LogP contribution in [0.5, 0.6) is 0 Å². The van der Waals surface area contributed by atoms with Gasteiger partial charge in [0.05, 0.1) is 11.4 Å². The fourth-order valence-corrected chi connectivity index (χ4v) is 5.80. The summed E-state index contributed by atoms with van der Waals surface area (Å²) in [6, 6.07) is 27.8. The Bertz CT molecular complexity index is 1580. The molecule has 0 aromatic heterocycles. The zero-order valence-corrected chi connectivity index (χ0v) is 23.3. The van der Waals surface area contributed by atoms with E-state index in [0.717, 1.165) is 26.2 Å². The first-order chi connectivity index (χ1) is 18.7. The first-order valence-electron chi connectivity index (χ1n) is 12.4. The number of carbonyl (C=O) groups excluding carboxylic acids is 2. The van der Waals surface area contributed by atoms with E-state index in [0.29, 0.717) is 5.02 Å². The number of nitrogens with zero attached hydrogens (tertiary/aromatic N) is 2. The van der Waals surface area contributed by atoms with Crippen LogP contribution < -0.4 is 5.32 Å². The molecular weight excluding hydrogens is 534 g/mol. The first kappa shape index (κ1) is 28.3. The second kappa shape index (κ2) is 12.4. The Morgan fingerprint density at radius 3 is 2.21 bits per heavy atom. The standard InChI is InChI=1S/C30H30ClN3O4S/c1-32-30(36)28(18-22-9-4-3-5-10-22)34(20-23-11-8-14-26(31)17-23)29(35)21-33(2)39(37,38)27-16-15-24-12-6-7-13-25(24)19-27/h3-17,19,28H,18,20-21H2,1-2H3,(H,32,36). The molecule has 0 saturated heterocycles. The van der Waals surface area contributed by atoms with Crippen LogP contribution in [0.4, 0.5) is 0 Å². The minimum absolute atomic E-state index is 0.0776. The molecule has 4 aromatic rings. The molecule has 1 N–H and O–H groups in total. The number of halogens is 1. The molecular formula is C30H30ClN3O4S. The van der Waals surface area contributed by atoms with E-state index in [1.54, 1.807) is 30.3 Å². The maximum Gasteiger partial charge on any atom is 0.243 e. The minimum Gasteiger partial charge on any atom is -0.357 e. The highest BCUT2D eigenvalue weighted by Crippen LogP contribution is 2.22. The summed E-state index contributed by atoms with van der Waals surface area (Å²) in [7, 11) is -1.11. The van der Waals surface area contributed by atoms with Crippen LogP contribution in [0.25, 0.3) is 10.8 Å². The van der Waals surface area contributed by atoms with Crippen LogP contribution in [0.3, 0.4) is 0 Å². The summed E-state index contributed by atoms with van der Waals surface area (Å²) >= 11 is 6.19. The molecule has 39 heavy (non-hydrogen) atoms. The van der Waals surface area contributed by atoms with Crippen molar-refractivity contribution in [1.29, 1.82) is 0 Å². The summed E-state index contributed by atoms with van der Waals surface area (Å²) in [4.78, 5) is 28.4. The summed E-state index contributed by atoms with van der Waals surface area (Å²) in [5.74, 6) is -0.861. The van der Waals surface area contributed by atoms with E-state index < -0.39 is 28.5 Å². The van der Waals surface area contributed by atoms with Crippen molar-refractivity contribution in [2.45, 2.75) is 23.9 Å². The van der Waals surface area contributed by atoms with Crippen LogP contribution in [-0.2, 0) is 32.6 Å². The lowest BCUT2D eigenvalue weighted by Crippen LogP contribution is -2.52. The van der Waals surface area contributed by atoms with Gasteiger partial charge < -0.3 is 10.2 Å². The van der Waals surface area contributed by atoms with Crippen molar-refractivity contribution in [1.82, 2.24) is 14.5 Å². The molecule has 202 valence electrons. The van der Waals surface area contributed by atoms with Gasteiger partial charge in [-0.1, -0.05) is 84.4 Å². The molecule has 9 heteroatoms.